The van der Waals surface area contributed by atoms with Gasteiger partial charge in [0.15, 0.2) is 6.61 Å². The van der Waals surface area contributed by atoms with E-state index in [1.807, 2.05) is 0 Å². The summed E-state index contributed by atoms with van der Waals surface area (Å²) in [5, 5.41) is 30.3. The van der Waals surface area contributed by atoms with Gasteiger partial charge in [0.1, 0.15) is 11.5 Å². The molecule has 0 fully saturated rings. The summed E-state index contributed by atoms with van der Waals surface area (Å²) in [6.07, 6.45) is -9.90. The summed E-state index contributed by atoms with van der Waals surface area (Å²) in [4.78, 5) is 11.4. The average Bonchev–Trinajstić information content (AvgIpc) is 3.40. The van der Waals surface area contributed by atoms with E-state index < -0.39 is 53.0 Å². The molecule has 2 aliphatic rings. The Morgan fingerprint density at radius 3 is 1.67 bits per heavy atom. The lowest BCUT2D eigenvalue weighted by molar-refractivity contribution is -0.247. The van der Waals surface area contributed by atoms with Gasteiger partial charge in [-0.25, -0.2) is 4.79 Å². The number of alkyl halides is 6. The molecular formula is C32H22Cl2F6O6. The highest BCUT2D eigenvalue weighted by Gasteiger charge is 2.62. The van der Waals surface area contributed by atoms with E-state index in [1.165, 1.54) is 42.5 Å². The molecule has 0 aromatic heterocycles. The predicted octanol–water partition coefficient (Wildman–Crippen LogP) is 7.88. The van der Waals surface area contributed by atoms with Crippen molar-refractivity contribution in [2.24, 2.45) is 0 Å². The van der Waals surface area contributed by atoms with Crippen molar-refractivity contribution in [1.29, 1.82) is 0 Å². The fraction of sp³-hybridized carbons (Fsp3) is 0.219. The maximum Gasteiger partial charge on any atom is 0.425 e. The molecule has 6 rings (SSSR count). The van der Waals surface area contributed by atoms with Gasteiger partial charge in [-0.05, 0) is 42.3 Å². The van der Waals surface area contributed by atoms with Gasteiger partial charge < -0.3 is 24.8 Å². The number of carbonyl (C=O) groups excluding carboxylic acids is 1. The molecule has 0 radical (unpaired) electrons. The zero-order chi connectivity index (χ0) is 33.8. The molecule has 0 bridgehead atoms. The summed E-state index contributed by atoms with van der Waals surface area (Å²) in [5.41, 5.74) is -7.24. The highest BCUT2D eigenvalue weighted by atomic mass is 35.5. The van der Waals surface area contributed by atoms with Crippen molar-refractivity contribution in [1.82, 2.24) is 0 Å². The molecular weight excluding hydrogens is 665 g/mol. The minimum absolute atomic E-state index is 0.0195. The Bertz CT molecular complexity index is 1840. The van der Waals surface area contributed by atoms with Gasteiger partial charge in [-0.15, -0.1) is 0 Å². The van der Waals surface area contributed by atoms with Crippen LogP contribution in [0.15, 0.2) is 72.8 Å². The molecule has 4 aromatic rings. The summed E-state index contributed by atoms with van der Waals surface area (Å²) in [5.74, 6) is -1.17. The van der Waals surface area contributed by atoms with Crippen LogP contribution in [0.5, 0.6) is 11.5 Å². The van der Waals surface area contributed by atoms with Crippen LogP contribution in [0.1, 0.15) is 29.2 Å². The number of rotatable bonds is 4. The first kappa shape index (κ1) is 33.4. The molecule has 0 amide bonds. The molecule has 14 heteroatoms. The number of phenols is 1. The maximum absolute atomic E-state index is 13.8. The van der Waals surface area contributed by atoms with Crippen molar-refractivity contribution in [3.8, 4) is 33.8 Å². The number of ether oxygens (including phenoxy) is 2. The quantitative estimate of drug-likeness (QED) is 0.149. The van der Waals surface area contributed by atoms with E-state index in [4.69, 9.17) is 32.7 Å². The van der Waals surface area contributed by atoms with Crippen molar-refractivity contribution < 1.29 is 55.9 Å². The van der Waals surface area contributed by atoms with Crippen molar-refractivity contribution in [3.63, 3.8) is 0 Å². The number of carbonyl (C=O) groups is 1. The zero-order valence-corrected chi connectivity index (χ0v) is 24.9. The first-order chi connectivity index (χ1) is 21.5. The number of phenolic OH excluding ortho intramolecular Hbond substituents is 1. The molecule has 2 aliphatic carbocycles. The van der Waals surface area contributed by atoms with Gasteiger partial charge in [0, 0.05) is 33.4 Å². The van der Waals surface area contributed by atoms with E-state index >= 15 is 0 Å². The van der Waals surface area contributed by atoms with Gasteiger partial charge in [0.2, 0.25) is 11.2 Å². The summed E-state index contributed by atoms with van der Waals surface area (Å²) in [7, 11) is 0. The van der Waals surface area contributed by atoms with Crippen LogP contribution in [-0.4, -0.2) is 46.9 Å². The average molecular weight is 687 g/mol. The van der Waals surface area contributed by atoms with Crippen molar-refractivity contribution in [2.75, 3.05) is 13.2 Å². The highest BCUT2D eigenvalue weighted by molar-refractivity contribution is 6.34. The standard InChI is InChI=1S/C18H14ClF3O4.C14H8ClF3O2/c1-2-25-15(23)9-26-10-7-13-16(14(19)8-10)11-5-3-4-6-12(11)17(13,24)18(20,21)22;15-11-6-7(19)5-10-12(11)8-3-1-2-4-9(8)13(10,20)14(16,17)18/h3-8,24H,2,9H2,1H3;1-6,19-20H/t17-;13-/m11/s1. The van der Waals surface area contributed by atoms with Gasteiger partial charge in [-0.1, -0.05) is 71.7 Å². The third-order valence-corrected chi connectivity index (χ3v) is 8.17. The van der Waals surface area contributed by atoms with Gasteiger partial charge in [-0.3, -0.25) is 0 Å². The SMILES string of the molecule is CCOC(=O)COc1cc(Cl)c2c(c1)[C@@](O)(C(F)(F)F)c1ccccc1-2.Oc1cc(Cl)c2c(c1)[C@@](O)(C(F)(F)F)c1ccccc1-2. The molecule has 242 valence electrons. The lowest BCUT2D eigenvalue weighted by Gasteiger charge is -2.28. The first-order valence-electron chi connectivity index (χ1n) is 13.4. The number of aromatic hydroxyl groups is 1. The Labute approximate surface area is 267 Å². The van der Waals surface area contributed by atoms with E-state index in [9.17, 15) is 46.5 Å². The van der Waals surface area contributed by atoms with Crippen LogP contribution in [0.4, 0.5) is 26.3 Å². The highest BCUT2D eigenvalue weighted by Crippen LogP contribution is 2.58. The van der Waals surface area contributed by atoms with Gasteiger partial charge in [-0.2, -0.15) is 26.3 Å². The number of hydrogen-bond acceptors (Lipinski definition) is 6. The molecule has 0 aliphatic heterocycles. The largest absolute Gasteiger partial charge is 0.508 e. The van der Waals surface area contributed by atoms with Crippen LogP contribution in [-0.2, 0) is 20.7 Å². The number of esters is 1. The van der Waals surface area contributed by atoms with Gasteiger partial charge >= 0.3 is 18.3 Å². The van der Waals surface area contributed by atoms with Crippen LogP contribution in [0.3, 0.4) is 0 Å². The summed E-state index contributed by atoms with van der Waals surface area (Å²) >= 11 is 12.1. The van der Waals surface area contributed by atoms with Crippen molar-refractivity contribution in [3.05, 3.63) is 105 Å². The Morgan fingerprint density at radius 1 is 0.739 bits per heavy atom. The minimum atomic E-state index is -4.97. The van der Waals surface area contributed by atoms with E-state index in [2.05, 4.69) is 0 Å². The van der Waals surface area contributed by atoms with E-state index in [0.29, 0.717) is 0 Å². The van der Waals surface area contributed by atoms with Crippen molar-refractivity contribution in [2.45, 2.75) is 30.5 Å². The third-order valence-electron chi connectivity index (χ3n) is 7.57. The zero-order valence-electron chi connectivity index (χ0n) is 23.4. The molecule has 3 N–H and O–H groups in total. The Kier molecular flexibility index (Phi) is 8.48. The predicted molar refractivity (Wildman–Crippen MR) is 156 cm³/mol. The number of halogens is 8. The molecule has 0 unspecified atom stereocenters. The van der Waals surface area contributed by atoms with E-state index in [0.717, 1.165) is 18.2 Å². The summed E-state index contributed by atoms with van der Waals surface area (Å²) in [6, 6.07) is 15.7. The lowest BCUT2D eigenvalue weighted by atomic mass is 9.90. The molecule has 46 heavy (non-hydrogen) atoms. The van der Waals surface area contributed by atoms with Crippen LogP contribution in [0.25, 0.3) is 22.3 Å². The van der Waals surface area contributed by atoms with E-state index in [1.54, 1.807) is 19.1 Å². The monoisotopic (exact) mass is 686 g/mol. The Morgan fingerprint density at radius 2 is 1.20 bits per heavy atom. The Balaban J connectivity index is 0.000000187. The Hall–Kier alpha value is -3.97. The second-order valence-electron chi connectivity index (χ2n) is 10.3. The normalized spacial score (nSPS) is 19.3. The number of hydrogen-bond donors (Lipinski definition) is 3. The van der Waals surface area contributed by atoms with Crippen LogP contribution < -0.4 is 4.74 Å². The number of benzene rings is 4. The molecule has 2 atom stereocenters. The fourth-order valence-electron chi connectivity index (χ4n) is 5.65. The third kappa shape index (κ3) is 5.23. The maximum atomic E-state index is 13.8. The fourth-order valence-corrected chi connectivity index (χ4v) is 6.28. The first-order valence-corrected chi connectivity index (χ1v) is 14.2. The molecule has 4 aromatic carbocycles. The second kappa shape index (κ2) is 11.7. The molecule has 0 heterocycles. The summed E-state index contributed by atoms with van der Waals surface area (Å²) in [6.45, 7) is 1.28. The van der Waals surface area contributed by atoms with Crippen LogP contribution >= 0.6 is 23.2 Å². The molecule has 0 saturated carbocycles. The molecule has 0 spiro atoms. The lowest BCUT2D eigenvalue weighted by Crippen LogP contribution is -2.41. The van der Waals surface area contributed by atoms with Crippen LogP contribution in [0, 0.1) is 0 Å². The molecule has 0 saturated heterocycles. The minimum Gasteiger partial charge on any atom is -0.508 e. The van der Waals surface area contributed by atoms with Crippen molar-refractivity contribution >= 4 is 29.2 Å². The molecule has 6 nitrogen and oxygen atoms in total. The van der Waals surface area contributed by atoms with Gasteiger partial charge in [0.05, 0.1) is 16.7 Å². The van der Waals surface area contributed by atoms with Gasteiger partial charge in [0.25, 0.3) is 0 Å². The topological polar surface area (TPSA) is 96.2 Å². The van der Waals surface area contributed by atoms with Crippen LogP contribution in [0.2, 0.25) is 10.0 Å². The van der Waals surface area contributed by atoms with E-state index in [-0.39, 0.29) is 55.8 Å². The number of aliphatic hydroxyl groups is 2. The summed E-state index contributed by atoms with van der Waals surface area (Å²) < 4.78 is 91.4. The second-order valence-corrected chi connectivity index (χ2v) is 11.1. The number of fused-ring (bicyclic) bond motifs is 6. The smallest absolute Gasteiger partial charge is 0.425 e.